The largest absolute Gasteiger partial charge is 0.293 e. The van der Waals surface area contributed by atoms with E-state index in [0.717, 1.165) is 11.3 Å². The highest BCUT2D eigenvalue weighted by Gasteiger charge is 2.06. The first-order valence-corrected chi connectivity index (χ1v) is 7.54. The number of carbonyl (C=O) groups excluding carboxylic acids is 1. The minimum absolute atomic E-state index is 0.228. The Morgan fingerprint density at radius 2 is 1.88 bits per heavy atom. The summed E-state index contributed by atoms with van der Waals surface area (Å²) in [6.07, 6.45) is 0. The van der Waals surface area contributed by atoms with Gasteiger partial charge in [-0.05, 0) is 23.1 Å². The summed E-state index contributed by atoms with van der Waals surface area (Å²) in [7, 11) is 0. The molecule has 0 fully saturated rings. The van der Waals surface area contributed by atoms with E-state index in [1.807, 2.05) is 24.3 Å². The normalized spacial score (nSPS) is 10.8. The minimum Gasteiger partial charge on any atom is -0.293 e. The molecular formula is C13H18OS2. The second-order valence-corrected chi connectivity index (χ2v) is 6.64. The van der Waals surface area contributed by atoms with Gasteiger partial charge in [0.2, 0.25) is 0 Å². The van der Waals surface area contributed by atoms with E-state index in [4.69, 9.17) is 0 Å². The Labute approximate surface area is 106 Å². The molecule has 3 heteroatoms. The summed E-state index contributed by atoms with van der Waals surface area (Å²) in [6.45, 7) is 6.35. The zero-order valence-corrected chi connectivity index (χ0v) is 11.7. The highest BCUT2D eigenvalue weighted by molar-refractivity contribution is 8.00. The zero-order valence-electron chi connectivity index (χ0n) is 10.0. The molecule has 0 radical (unpaired) electrons. The molecule has 88 valence electrons. The molecule has 1 aromatic carbocycles. The summed E-state index contributed by atoms with van der Waals surface area (Å²) in [4.78, 5) is 13.0. The molecule has 0 aliphatic heterocycles. The number of benzene rings is 1. The van der Waals surface area contributed by atoms with Crippen LogP contribution in [0.2, 0.25) is 0 Å². The molecule has 0 heterocycles. The van der Waals surface area contributed by atoms with Gasteiger partial charge in [0.25, 0.3) is 0 Å². The Bertz CT molecular complexity index is 330. The molecule has 0 aliphatic rings. The highest BCUT2D eigenvalue weighted by Crippen LogP contribution is 2.19. The lowest BCUT2D eigenvalue weighted by molar-refractivity contribution is 0.102. The van der Waals surface area contributed by atoms with Gasteiger partial charge in [-0.25, -0.2) is 0 Å². The molecule has 0 bridgehead atoms. The van der Waals surface area contributed by atoms with Crippen LogP contribution >= 0.6 is 23.5 Å². The topological polar surface area (TPSA) is 17.1 Å². The predicted octanol–water partition coefficient (Wildman–Crippen LogP) is 4.12. The van der Waals surface area contributed by atoms with Gasteiger partial charge in [-0.15, -0.1) is 11.8 Å². The number of Topliss-reactive ketones (excluding diaryl/α,β-unsaturated/α-hetero) is 1. The van der Waals surface area contributed by atoms with Gasteiger partial charge in [0.05, 0.1) is 5.75 Å². The van der Waals surface area contributed by atoms with Crippen molar-refractivity contribution >= 4 is 29.3 Å². The quantitative estimate of drug-likeness (QED) is 0.561. The molecular weight excluding hydrogens is 236 g/mol. The summed E-state index contributed by atoms with van der Waals surface area (Å²) in [5.74, 6) is 1.88. The molecule has 0 aliphatic carbocycles. The highest BCUT2D eigenvalue weighted by atomic mass is 32.2. The second-order valence-electron chi connectivity index (χ2n) is 3.74. The third-order valence-corrected chi connectivity index (χ3v) is 4.02. The Hall–Kier alpha value is -0.410. The molecule has 16 heavy (non-hydrogen) atoms. The monoisotopic (exact) mass is 254 g/mol. The fraction of sp³-hybridized carbons (Fsp3) is 0.462. The smallest absolute Gasteiger partial charge is 0.172 e. The Kier molecular flexibility index (Phi) is 5.99. The third-order valence-electron chi connectivity index (χ3n) is 2.04. The predicted molar refractivity (Wildman–Crippen MR) is 74.8 cm³/mol. The summed E-state index contributed by atoms with van der Waals surface area (Å²) < 4.78 is 0. The molecule has 0 saturated carbocycles. The first-order chi connectivity index (χ1) is 7.63. The number of thioether (sulfide) groups is 2. The van der Waals surface area contributed by atoms with Crippen molar-refractivity contribution in [1.82, 2.24) is 0 Å². The SMILES string of the molecule is CCSc1ccc(C(=O)CSC(C)C)cc1. The van der Waals surface area contributed by atoms with Gasteiger partial charge in [0.15, 0.2) is 5.78 Å². The molecule has 0 atom stereocenters. The van der Waals surface area contributed by atoms with Crippen LogP contribution in [0.15, 0.2) is 29.2 Å². The first kappa shape index (κ1) is 13.7. The van der Waals surface area contributed by atoms with Crippen LogP contribution < -0.4 is 0 Å². The van der Waals surface area contributed by atoms with E-state index < -0.39 is 0 Å². The molecule has 0 amide bonds. The van der Waals surface area contributed by atoms with Crippen LogP contribution in [0.3, 0.4) is 0 Å². The van der Waals surface area contributed by atoms with Gasteiger partial charge in [-0.2, -0.15) is 11.8 Å². The summed E-state index contributed by atoms with van der Waals surface area (Å²) in [5, 5.41) is 0.513. The van der Waals surface area contributed by atoms with Crippen LogP contribution in [0.5, 0.6) is 0 Å². The van der Waals surface area contributed by atoms with Gasteiger partial charge < -0.3 is 0 Å². The molecule has 0 saturated heterocycles. The van der Waals surface area contributed by atoms with Gasteiger partial charge in [-0.3, -0.25) is 4.79 Å². The summed E-state index contributed by atoms with van der Waals surface area (Å²) in [5.41, 5.74) is 0.827. The molecule has 1 rings (SSSR count). The average Bonchev–Trinajstić information content (AvgIpc) is 2.27. The maximum atomic E-state index is 11.8. The van der Waals surface area contributed by atoms with E-state index >= 15 is 0 Å². The zero-order chi connectivity index (χ0) is 12.0. The lowest BCUT2D eigenvalue weighted by atomic mass is 10.1. The standard InChI is InChI=1S/C13H18OS2/c1-4-15-12-7-5-11(6-8-12)13(14)9-16-10(2)3/h5-8,10H,4,9H2,1-3H3. The van der Waals surface area contributed by atoms with Crippen LogP contribution in [0, 0.1) is 0 Å². The minimum atomic E-state index is 0.228. The van der Waals surface area contributed by atoms with E-state index in [1.165, 1.54) is 4.90 Å². The summed E-state index contributed by atoms with van der Waals surface area (Å²) in [6, 6.07) is 7.92. The van der Waals surface area contributed by atoms with Crippen molar-refractivity contribution in [2.45, 2.75) is 30.9 Å². The maximum Gasteiger partial charge on any atom is 0.172 e. The van der Waals surface area contributed by atoms with Crippen molar-refractivity contribution < 1.29 is 4.79 Å². The lowest BCUT2D eigenvalue weighted by Crippen LogP contribution is -2.04. The van der Waals surface area contributed by atoms with E-state index in [-0.39, 0.29) is 5.78 Å². The number of carbonyl (C=O) groups is 1. The van der Waals surface area contributed by atoms with Gasteiger partial charge in [-0.1, -0.05) is 32.9 Å². The average molecular weight is 254 g/mol. The maximum absolute atomic E-state index is 11.8. The lowest BCUT2D eigenvalue weighted by Gasteiger charge is -2.05. The first-order valence-electron chi connectivity index (χ1n) is 5.51. The van der Waals surface area contributed by atoms with Crippen molar-refractivity contribution in [2.75, 3.05) is 11.5 Å². The molecule has 1 nitrogen and oxygen atoms in total. The number of ketones is 1. The van der Waals surface area contributed by atoms with Crippen LogP contribution in [-0.2, 0) is 0 Å². The third kappa shape index (κ3) is 4.62. The van der Waals surface area contributed by atoms with Crippen LogP contribution in [0.4, 0.5) is 0 Å². The van der Waals surface area contributed by atoms with E-state index in [2.05, 4.69) is 20.8 Å². The fourth-order valence-electron chi connectivity index (χ4n) is 1.23. The Balaban J connectivity index is 2.56. The van der Waals surface area contributed by atoms with E-state index in [9.17, 15) is 4.79 Å². The second kappa shape index (κ2) is 7.02. The van der Waals surface area contributed by atoms with Crippen molar-refractivity contribution in [2.24, 2.45) is 0 Å². The van der Waals surface area contributed by atoms with Gasteiger partial charge >= 0.3 is 0 Å². The molecule has 1 aromatic rings. The van der Waals surface area contributed by atoms with E-state index in [0.29, 0.717) is 11.0 Å². The van der Waals surface area contributed by atoms with Crippen LogP contribution in [0.1, 0.15) is 31.1 Å². The van der Waals surface area contributed by atoms with Crippen LogP contribution in [-0.4, -0.2) is 22.5 Å². The number of hydrogen-bond acceptors (Lipinski definition) is 3. The Morgan fingerprint density at radius 1 is 1.25 bits per heavy atom. The van der Waals surface area contributed by atoms with Crippen molar-refractivity contribution in [1.29, 1.82) is 0 Å². The van der Waals surface area contributed by atoms with Crippen molar-refractivity contribution in [3.63, 3.8) is 0 Å². The number of hydrogen-bond donors (Lipinski definition) is 0. The number of rotatable bonds is 6. The molecule has 0 unspecified atom stereocenters. The Morgan fingerprint density at radius 3 is 2.38 bits per heavy atom. The van der Waals surface area contributed by atoms with Crippen LogP contribution in [0.25, 0.3) is 0 Å². The molecule has 0 N–H and O–H groups in total. The molecule has 0 aromatic heterocycles. The molecule has 0 spiro atoms. The van der Waals surface area contributed by atoms with Crippen molar-refractivity contribution in [3.05, 3.63) is 29.8 Å². The van der Waals surface area contributed by atoms with E-state index in [1.54, 1.807) is 23.5 Å². The van der Waals surface area contributed by atoms with Crippen molar-refractivity contribution in [3.8, 4) is 0 Å². The van der Waals surface area contributed by atoms with Gasteiger partial charge in [0.1, 0.15) is 0 Å². The summed E-state index contributed by atoms with van der Waals surface area (Å²) >= 11 is 3.49. The fourth-order valence-corrected chi connectivity index (χ4v) is 2.54. The van der Waals surface area contributed by atoms with Gasteiger partial charge in [0, 0.05) is 10.5 Å².